The summed E-state index contributed by atoms with van der Waals surface area (Å²) >= 11 is 0. The van der Waals surface area contributed by atoms with Crippen molar-refractivity contribution >= 4 is 21.5 Å². The van der Waals surface area contributed by atoms with Crippen LogP contribution in [0.2, 0.25) is 0 Å². The summed E-state index contributed by atoms with van der Waals surface area (Å²) in [6.45, 7) is 5.70. The van der Waals surface area contributed by atoms with Gasteiger partial charge in [-0.25, -0.2) is 19.2 Å². The molecule has 0 bridgehead atoms. The predicted octanol–water partition coefficient (Wildman–Crippen LogP) is 2.09. The highest BCUT2D eigenvalue weighted by Gasteiger charge is 2.20. The van der Waals surface area contributed by atoms with Crippen molar-refractivity contribution in [3.05, 3.63) is 47.2 Å². The van der Waals surface area contributed by atoms with E-state index in [0.29, 0.717) is 5.69 Å². The lowest BCUT2D eigenvalue weighted by molar-refractivity contribution is 0.601. The molecule has 112 valence electrons. The first-order valence-electron chi connectivity index (χ1n) is 6.37. The van der Waals surface area contributed by atoms with E-state index >= 15 is 0 Å². The number of rotatable bonds is 4. The normalized spacial score (nSPS) is 11.2. The first kappa shape index (κ1) is 15.3. The third-order valence-electron chi connectivity index (χ3n) is 3.11. The van der Waals surface area contributed by atoms with Crippen molar-refractivity contribution in [1.82, 2.24) is 4.98 Å². The maximum Gasteiger partial charge on any atom is 0.265 e. The van der Waals surface area contributed by atoms with E-state index in [1.54, 1.807) is 6.07 Å². The van der Waals surface area contributed by atoms with Gasteiger partial charge in [-0.2, -0.15) is 0 Å². The van der Waals surface area contributed by atoms with Crippen molar-refractivity contribution in [2.75, 3.05) is 10.1 Å². The van der Waals surface area contributed by atoms with Crippen LogP contribution in [0, 0.1) is 20.8 Å². The molecule has 0 saturated heterocycles. The first-order valence-corrected chi connectivity index (χ1v) is 7.86. The number of hydrogen-bond acceptors (Lipinski definition) is 5. The SMILES string of the molecule is Cc1cc(C)c(NS(=O)(=O)c2cccnc2NN)c(C)c1. The van der Waals surface area contributed by atoms with Crippen LogP contribution in [-0.4, -0.2) is 13.4 Å². The molecule has 6 nitrogen and oxygen atoms in total. The van der Waals surface area contributed by atoms with Crippen molar-refractivity contribution in [3.63, 3.8) is 0 Å². The Morgan fingerprint density at radius 2 is 1.76 bits per heavy atom. The van der Waals surface area contributed by atoms with Gasteiger partial charge >= 0.3 is 0 Å². The number of nitrogens with zero attached hydrogens (tertiary/aromatic N) is 1. The number of hydrazine groups is 1. The molecule has 0 saturated carbocycles. The summed E-state index contributed by atoms with van der Waals surface area (Å²) in [5, 5.41) is 0. The Morgan fingerprint density at radius 1 is 1.14 bits per heavy atom. The summed E-state index contributed by atoms with van der Waals surface area (Å²) in [6.07, 6.45) is 1.47. The summed E-state index contributed by atoms with van der Waals surface area (Å²) < 4.78 is 27.7. The third kappa shape index (κ3) is 3.14. The molecule has 0 amide bonds. The van der Waals surface area contributed by atoms with Crippen LogP contribution in [0.25, 0.3) is 0 Å². The van der Waals surface area contributed by atoms with Gasteiger partial charge in [-0.3, -0.25) is 4.72 Å². The summed E-state index contributed by atoms with van der Waals surface area (Å²) in [5.74, 6) is 5.42. The van der Waals surface area contributed by atoms with Crippen LogP contribution in [0.1, 0.15) is 16.7 Å². The fourth-order valence-corrected chi connectivity index (χ4v) is 3.57. The molecule has 7 heteroatoms. The van der Waals surface area contributed by atoms with E-state index in [1.807, 2.05) is 32.9 Å². The average molecular weight is 306 g/mol. The van der Waals surface area contributed by atoms with Crippen molar-refractivity contribution < 1.29 is 8.42 Å². The maximum atomic E-state index is 12.5. The Kier molecular flexibility index (Phi) is 4.15. The molecule has 2 rings (SSSR count). The molecule has 0 aliphatic heterocycles. The van der Waals surface area contributed by atoms with Crippen molar-refractivity contribution in [1.29, 1.82) is 0 Å². The van der Waals surface area contributed by atoms with E-state index in [4.69, 9.17) is 5.84 Å². The van der Waals surface area contributed by atoms with E-state index in [9.17, 15) is 8.42 Å². The number of pyridine rings is 1. The predicted molar refractivity (Wildman–Crippen MR) is 83.5 cm³/mol. The molecule has 0 aliphatic rings. The Hall–Kier alpha value is -2.12. The van der Waals surface area contributed by atoms with Gasteiger partial charge in [0.1, 0.15) is 4.90 Å². The van der Waals surface area contributed by atoms with Crippen molar-refractivity contribution in [2.24, 2.45) is 5.84 Å². The first-order chi connectivity index (χ1) is 9.85. The van der Waals surface area contributed by atoms with Gasteiger partial charge in [0.25, 0.3) is 10.0 Å². The Labute approximate surface area is 124 Å². The lowest BCUT2D eigenvalue weighted by Gasteiger charge is -2.15. The molecule has 0 aliphatic carbocycles. The van der Waals surface area contributed by atoms with Crippen LogP contribution < -0.4 is 16.0 Å². The van der Waals surface area contributed by atoms with Gasteiger partial charge in [-0.15, -0.1) is 0 Å². The molecule has 4 N–H and O–H groups in total. The van der Waals surface area contributed by atoms with E-state index in [1.165, 1.54) is 12.3 Å². The maximum absolute atomic E-state index is 12.5. The zero-order chi connectivity index (χ0) is 15.6. The monoisotopic (exact) mass is 306 g/mol. The molecule has 0 spiro atoms. The molecular weight excluding hydrogens is 288 g/mol. The highest BCUT2D eigenvalue weighted by Crippen LogP contribution is 2.26. The fourth-order valence-electron chi connectivity index (χ4n) is 2.25. The zero-order valence-corrected chi connectivity index (χ0v) is 13.0. The minimum atomic E-state index is -3.77. The summed E-state index contributed by atoms with van der Waals surface area (Å²) in [7, 11) is -3.77. The van der Waals surface area contributed by atoms with Crippen molar-refractivity contribution in [3.8, 4) is 0 Å². The molecule has 21 heavy (non-hydrogen) atoms. The number of nitrogen functional groups attached to an aromatic ring is 1. The Balaban J connectivity index is 2.48. The summed E-state index contributed by atoms with van der Waals surface area (Å²) in [4.78, 5) is 3.92. The van der Waals surface area contributed by atoms with Gasteiger partial charge in [0.05, 0.1) is 5.69 Å². The van der Waals surface area contributed by atoms with Crippen LogP contribution in [0.3, 0.4) is 0 Å². The van der Waals surface area contributed by atoms with E-state index in [-0.39, 0.29) is 10.7 Å². The van der Waals surface area contributed by atoms with Crippen LogP contribution in [0.4, 0.5) is 11.5 Å². The Morgan fingerprint density at radius 3 is 2.33 bits per heavy atom. The number of sulfonamides is 1. The van der Waals surface area contributed by atoms with Crippen LogP contribution in [0.15, 0.2) is 35.4 Å². The standard InChI is InChI=1S/C14H18N4O2S/c1-9-7-10(2)13(11(3)8-9)18-21(19,20)12-5-4-6-16-14(12)17-15/h4-8,18H,15H2,1-3H3,(H,16,17). The lowest BCUT2D eigenvalue weighted by Crippen LogP contribution is -2.19. The van der Waals surface area contributed by atoms with Crippen LogP contribution >= 0.6 is 0 Å². The number of anilines is 2. The van der Waals surface area contributed by atoms with Crippen molar-refractivity contribution in [2.45, 2.75) is 25.7 Å². The molecule has 2 aromatic rings. The molecule has 0 unspecified atom stereocenters. The third-order valence-corrected chi connectivity index (χ3v) is 4.49. The molecule has 1 aromatic carbocycles. The minimum Gasteiger partial charge on any atom is -0.307 e. The highest BCUT2D eigenvalue weighted by molar-refractivity contribution is 7.92. The lowest BCUT2D eigenvalue weighted by atomic mass is 10.1. The molecule has 0 atom stereocenters. The number of aryl methyl sites for hydroxylation is 3. The largest absolute Gasteiger partial charge is 0.307 e. The van der Waals surface area contributed by atoms with E-state index in [0.717, 1.165) is 16.7 Å². The van der Waals surface area contributed by atoms with Gasteiger partial charge in [-0.1, -0.05) is 17.7 Å². The van der Waals surface area contributed by atoms with Gasteiger partial charge < -0.3 is 5.43 Å². The van der Waals surface area contributed by atoms with E-state index < -0.39 is 10.0 Å². The van der Waals surface area contributed by atoms with Crippen LogP contribution in [0.5, 0.6) is 0 Å². The smallest absolute Gasteiger partial charge is 0.265 e. The number of hydrogen-bond donors (Lipinski definition) is 3. The number of nitrogens with two attached hydrogens (primary N) is 1. The molecule has 0 fully saturated rings. The second-order valence-electron chi connectivity index (χ2n) is 4.87. The Bertz CT molecular complexity index is 749. The highest BCUT2D eigenvalue weighted by atomic mass is 32.2. The number of aromatic nitrogens is 1. The summed E-state index contributed by atoms with van der Waals surface area (Å²) in [5.41, 5.74) is 5.68. The summed E-state index contributed by atoms with van der Waals surface area (Å²) in [6, 6.07) is 6.85. The molecule has 0 radical (unpaired) electrons. The second-order valence-corrected chi connectivity index (χ2v) is 6.52. The zero-order valence-electron chi connectivity index (χ0n) is 12.1. The second kappa shape index (κ2) is 5.71. The quantitative estimate of drug-likeness (QED) is 0.593. The average Bonchev–Trinajstić information content (AvgIpc) is 2.43. The van der Waals surface area contributed by atoms with Gasteiger partial charge in [0.2, 0.25) is 0 Å². The number of benzene rings is 1. The number of nitrogens with one attached hydrogen (secondary N) is 2. The molecular formula is C14H18N4O2S. The van der Waals surface area contributed by atoms with Gasteiger partial charge in [0, 0.05) is 6.20 Å². The van der Waals surface area contributed by atoms with Gasteiger partial charge in [-0.05, 0) is 44.0 Å². The molecule has 1 heterocycles. The molecule has 1 aromatic heterocycles. The fraction of sp³-hybridized carbons (Fsp3) is 0.214. The van der Waals surface area contributed by atoms with Gasteiger partial charge in [0.15, 0.2) is 5.82 Å². The minimum absolute atomic E-state index is 0.00637. The van der Waals surface area contributed by atoms with E-state index in [2.05, 4.69) is 15.1 Å². The van der Waals surface area contributed by atoms with Crippen LogP contribution in [-0.2, 0) is 10.0 Å². The topological polar surface area (TPSA) is 97.1 Å².